The van der Waals surface area contributed by atoms with Gasteiger partial charge in [-0.3, -0.25) is 4.79 Å². The Morgan fingerprint density at radius 1 is 1.32 bits per heavy atom. The molecule has 1 aromatic carbocycles. The molecule has 1 heterocycles. The van der Waals surface area contributed by atoms with Crippen LogP contribution < -0.4 is 10.6 Å². The van der Waals surface area contributed by atoms with E-state index in [1.54, 1.807) is 0 Å². The van der Waals surface area contributed by atoms with Crippen LogP contribution in [0.5, 0.6) is 0 Å². The molecule has 0 bridgehead atoms. The van der Waals surface area contributed by atoms with E-state index in [4.69, 9.17) is 4.42 Å². The second kappa shape index (κ2) is 6.38. The largest absolute Gasteiger partial charge is 0.460 e. The third-order valence-corrected chi connectivity index (χ3v) is 2.77. The van der Waals surface area contributed by atoms with Crippen molar-refractivity contribution in [1.82, 2.24) is 10.6 Å². The minimum Gasteiger partial charge on any atom is -0.460 e. The molecule has 0 aliphatic carbocycles. The molecule has 102 valence electrons. The number of nitrogens with one attached hydrogen (secondary N) is 2. The maximum atomic E-state index is 11.5. The van der Waals surface area contributed by atoms with Crippen LogP contribution in [-0.2, 0) is 11.3 Å². The van der Waals surface area contributed by atoms with Gasteiger partial charge in [0.05, 0.1) is 13.1 Å². The molecular weight excluding hydrogens is 240 g/mol. The summed E-state index contributed by atoms with van der Waals surface area (Å²) in [5.41, 5.74) is 0.878. The molecule has 2 aromatic rings. The van der Waals surface area contributed by atoms with E-state index >= 15 is 0 Å². The highest BCUT2D eigenvalue weighted by molar-refractivity contribution is 5.78. The summed E-state index contributed by atoms with van der Waals surface area (Å²) in [5.74, 6) is 1.34. The summed E-state index contributed by atoms with van der Waals surface area (Å²) >= 11 is 0. The fourth-order valence-electron chi connectivity index (χ4n) is 1.80. The van der Waals surface area contributed by atoms with Crippen molar-refractivity contribution in [2.75, 3.05) is 13.1 Å². The van der Waals surface area contributed by atoms with Gasteiger partial charge in [-0.05, 0) is 18.1 Å². The third-order valence-electron chi connectivity index (χ3n) is 2.77. The zero-order chi connectivity index (χ0) is 13.7. The topological polar surface area (TPSA) is 54.3 Å². The van der Waals surface area contributed by atoms with E-state index in [1.165, 1.54) is 0 Å². The second-order valence-corrected chi connectivity index (χ2v) is 5.05. The first-order valence-corrected chi connectivity index (χ1v) is 6.60. The van der Waals surface area contributed by atoms with Gasteiger partial charge in [-0.2, -0.15) is 0 Å². The fourth-order valence-corrected chi connectivity index (χ4v) is 1.80. The summed E-state index contributed by atoms with van der Waals surface area (Å²) in [4.78, 5) is 11.5. The van der Waals surface area contributed by atoms with Crippen molar-refractivity contribution < 1.29 is 9.21 Å². The molecule has 4 nitrogen and oxygen atoms in total. The molecule has 4 heteroatoms. The van der Waals surface area contributed by atoms with Crippen LogP contribution in [0.3, 0.4) is 0 Å². The number of carbonyl (C=O) groups is 1. The first-order valence-electron chi connectivity index (χ1n) is 6.60. The molecule has 2 N–H and O–H groups in total. The molecular formula is C15H20N2O2. The minimum atomic E-state index is 0.0183. The monoisotopic (exact) mass is 260 g/mol. The number of rotatable bonds is 6. The van der Waals surface area contributed by atoms with Crippen LogP contribution in [-0.4, -0.2) is 19.0 Å². The fraction of sp³-hybridized carbons (Fsp3) is 0.400. The molecule has 19 heavy (non-hydrogen) atoms. The van der Waals surface area contributed by atoms with Crippen LogP contribution in [0.2, 0.25) is 0 Å². The van der Waals surface area contributed by atoms with Gasteiger partial charge in [-0.15, -0.1) is 0 Å². The van der Waals surface area contributed by atoms with Crippen molar-refractivity contribution in [1.29, 1.82) is 0 Å². The average molecular weight is 260 g/mol. The highest BCUT2D eigenvalue weighted by atomic mass is 16.3. The first kappa shape index (κ1) is 13.6. The van der Waals surface area contributed by atoms with E-state index in [2.05, 4.69) is 24.5 Å². The number of amides is 1. The number of benzene rings is 1. The second-order valence-electron chi connectivity index (χ2n) is 5.05. The smallest absolute Gasteiger partial charge is 0.233 e. The van der Waals surface area contributed by atoms with E-state index in [9.17, 15) is 4.79 Å². The lowest BCUT2D eigenvalue weighted by Gasteiger charge is -2.07. The van der Waals surface area contributed by atoms with E-state index in [-0.39, 0.29) is 5.91 Å². The van der Waals surface area contributed by atoms with Crippen LogP contribution in [0.15, 0.2) is 34.7 Å². The number of hydrogen-bond acceptors (Lipinski definition) is 3. The molecule has 0 fully saturated rings. The maximum absolute atomic E-state index is 11.5. The van der Waals surface area contributed by atoms with Crippen LogP contribution >= 0.6 is 0 Å². The average Bonchev–Trinajstić information content (AvgIpc) is 2.79. The Bertz CT molecular complexity index is 513. The van der Waals surface area contributed by atoms with Gasteiger partial charge >= 0.3 is 0 Å². The Hall–Kier alpha value is -1.81. The zero-order valence-corrected chi connectivity index (χ0v) is 11.4. The molecule has 1 amide bonds. The molecule has 0 aliphatic heterocycles. The van der Waals surface area contributed by atoms with Gasteiger partial charge in [0, 0.05) is 11.9 Å². The van der Waals surface area contributed by atoms with Crippen molar-refractivity contribution in [3.8, 4) is 0 Å². The Morgan fingerprint density at radius 2 is 2.11 bits per heavy atom. The highest BCUT2D eigenvalue weighted by Gasteiger charge is 2.05. The maximum Gasteiger partial charge on any atom is 0.233 e. The van der Waals surface area contributed by atoms with Gasteiger partial charge in [-0.1, -0.05) is 32.0 Å². The SMILES string of the molecule is CC(C)CNC(=O)CNCc1cc2ccccc2o1. The normalized spacial score (nSPS) is 11.1. The molecule has 2 rings (SSSR count). The number of para-hydroxylation sites is 1. The lowest BCUT2D eigenvalue weighted by Crippen LogP contribution is -2.35. The Kier molecular flexibility index (Phi) is 4.58. The zero-order valence-electron chi connectivity index (χ0n) is 11.4. The molecule has 0 radical (unpaired) electrons. The number of carbonyl (C=O) groups excluding carboxylic acids is 1. The Morgan fingerprint density at radius 3 is 2.84 bits per heavy atom. The van der Waals surface area contributed by atoms with Gasteiger partial charge in [0.2, 0.25) is 5.91 Å². The lowest BCUT2D eigenvalue weighted by molar-refractivity contribution is -0.120. The first-order chi connectivity index (χ1) is 9.15. The molecule has 0 aliphatic rings. The van der Waals surface area contributed by atoms with Gasteiger partial charge in [0.25, 0.3) is 0 Å². The van der Waals surface area contributed by atoms with Gasteiger partial charge in [0.1, 0.15) is 11.3 Å². The van der Waals surface area contributed by atoms with E-state index in [1.807, 2.05) is 30.3 Å². The van der Waals surface area contributed by atoms with Crippen LogP contribution in [0.25, 0.3) is 11.0 Å². The van der Waals surface area contributed by atoms with E-state index < -0.39 is 0 Å². The third kappa shape index (κ3) is 4.10. The van der Waals surface area contributed by atoms with Crippen molar-refractivity contribution in [3.63, 3.8) is 0 Å². The van der Waals surface area contributed by atoms with Crippen molar-refractivity contribution >= 4 is 16.9 Å². The Balaban J connectivity index is 1.77. The molecule has 0 atom stereocenters. The van der Waals surface area contributed by atoms with Crippen molar-refractivity contribution in [2.24, 2.45) is 5.92 Å². The predicted molar refractivity (Wildman–Crippen MR) is 75.8 cm³/mol. The molecule has 0 unspecified atom stereocenters. The number of furan rings is 1. The van der Waals surface area contributed by atoms with Crippen LogP contribution in [0.1, 0.15) is 19.6 Å². The lowest BCUT2D eigenvalue weighted by atomic mass is 10.2. The molecule has 1 aromatic heterocycles. The summed E-state index contributed by atoms with van der Waals surface area (Å²) in [6.07, 6.45) is 0. The van der Waals surface area contributed by atoms with Crippen LogP contribution in [0, 0.1) is 5.92 Å². The van der Waals surface area contributed by atoms with E-state index in [0.717, 1.165) is 16.7 Å². The van der Waals surface area contributed by atoms with Gasteiger partial charge in [-0.25, -0.2) is 0 Å². The van der Waals surface area contributed by atoms with E-state index in [0.29, 0.717) is 25.6 Å². The standard InChI is InChI=1S/C15H20N2O2/c1-11(2)8-17-15(18)10-16-9-13-7-12-5-3-4-6-14(12)19-13/h3-7,11,16H,8-10H2,1-2H3,(H,17,18). The summed E-state index contributed by atoms with van der Waals surface area (Å²) in [7, 11) is 0. The van der Waals surface area contributed by atoms with Crippen LogP contribution in [0.4, 0.5) is 0 Å². The number of hydrogen-bond donors (Lipinski definition) is 2. The number of fused-ring (bicyclic) bond motifs is 1. The summed E-state index contributed by atoms with van der Waals surface area (Å²) < 4.78 is 5.65. The van der Waals surface area contributed by atoms with Gasteiger partial charge < -0.3 is 15.1 Å². The predicted octanol–water partition coefficient (Wildman–Crippen LogP) is 2.29. The van der Waals surface area contributed by atoms with Crippen molar-refractivity contribution in [3.05, 3.63) is 36.1 Å². The molecule has 0 spiro atoms. The minimum absolute atomic E-state index is 0.0183. The quantitative estimate of drug-likeness (QED) is 0.838. The highest BCUT2D eigenvalue weighted by Crippen LogP contribution is 2.18. The summed E-state index contributed by atoms with van der Waals surface area (Å²) in [5, 5.41) is 7.03. The molecule has 0 saturated heterocycles. The summed E-state index contributed by atoms with van der Waals surface area (Å²) in [6.45, 7) is 5.73. The van der Waals surface area contributed by atoms with Crippen molar-refractivity contribution in [2.45, 2.75) is 20.4 Å². The Labute approximate surface area is 113 Å². The summed E-state index contributed by atoms with van der Waals surface area (Å²) in [6, 6.07) is 9.87. The van der Waals surface area contributed by atoms with Gasteiger partial charge in [0.15, 0.2) is 0 Å². The molecule has 0 saturated carbocycles.